The summed E-state index contributed by atoms with van der Waals surface area (Å²) in [5, 5.41) is 4.34. The molecule has 2 heterocycles. The number of halogens is 1. The van der Waals surface area contributed by atoms with Crippen LogP contribution >= 0.6 is 11.6 Å². The second kappa shape index (κ2) is 5.75. The van der Waals surface area contributed by atoms with Gasteiger partial charge >= 0.3 is 0 Å². The minimum Gasteiger partial charge on any atom is -0.338 e. The Morgan fingerprint density at radius 3 is 2.75 bits per heavy atom. The van der Waals surface area contributed by atoms with Crippen molar-refractivity contribution in [2.75, 3.05) is 11.4 Å². The molecule has 0 saturated heterocycles. The standard InChI is InChI=1S/C13H17ClN6/c1-2-19(10-6-3-4-7-10)12-16-11(14)17-13(18-12)20-9-5-8-15-20/h5,8-10H,2-4,6-7H2,1H3. The van der Waals surface area contributed by atoms with E-state index in [4.69, 9.17) is 11.6 Å². The largest absolute Gasteiger partial charge is 0.338 e. The van der Waals surface area contributed by atoms with Gasteiger partial charge in [0.25, 0.3) is 5.95 Å². The van der Waals surface area contributed by atoms with Crippen LogP contribution in [0, 0.1) is 0 Å². The molecule has 2 aromatic heterocycles. The Morgan fingerprint density at radius 2 is 2.10 bits per heavy atom. The Morgan fingerprint density at radius 1 is 1.30 bits per heavy atom. The van der Waals surface area contributed by atoms with Crippen LogP contribution in [0.1, 0.15) is 32.6 Å². The molecule has 20 heavy (non-hydrogen) atoms. The predicted octanol–water partition coefficient (Wildman–Crippen LogP) is 2.48. The van der Waals surface area contributed by atoms with Crippen molar-refractivity contribution in [1.29, 1.82) is 0 Å². The molecule has 1 saturated carbocycles. The first kappa shape index (κ1) is 13.3. The first-order valence-electron chi connectivity index (χ1n) is 6.96. The summed E-state index contributed by atoms with van der Waals surface area (Å²) in [6.07, 6.45) is 8.40. The molecule has 0 amide bonds. The SMILES string of the molecule is CCN(c1nc(Cl)nc(-n2cccn2)n1)C1CCCC1. The number of anilines is 1. The van der Waals surface area contributed by atoms with Gasteiger partial charge < -0.3 is 4.90 Å². The third-order valence-electron chi connectivity index (χ3n) is 3.66. The number of aromatic nitrogens is 5. The van der Waals surface area contributed by atoms with E-state index in [-0.39, 0.29) is 5.28 Å². The van der Waals surface area contributed by atoms with Crippen LogP contribution in [0.4, 0.5) is 5.95 Å². The van der Waals surface area contributed by atoms with Crippen LogP contribution in [0.5, 0.6) is 0 Å². The number of hydrogen-bond acceptors (Lipinski definition) is 5. The van der Waals surface area contributed by atoms with E-state index in [0.29, 0.717) is 17.9 Å². The molecular formula is C13H17ClN6. The predicted molar refractivity (Wildman–Crippen MR) is 77.2 cm³/mol. The number of hydrogen-bond donors (Lipinski definition) is 0. The van der Waals surface area contributed by atoms with Gasteiger partial charge in [0.15, 0.2) is 0 Å². The maximum Gasteiger partial charge on any atom is 0.256 e. The van der Waals surface area contributed by atoms with Crippen molar-refractivity contribution in [3.05, 3.63) is 23.7 Å². The van der Waals surface area contributed by atoms with Crippen molar-refractivity contribution < 1.29 is 0 Å². The second-order valence-electron chi connectivity index (χ2n) is 4.88. The van der Waals surface area contributed by atoms with Gasteiger partial charge in [0.2, 0.25) is 11.2 Å². The summed E-state index contributed by atoms with van der Waals surface area (Å²) in [5.41, 5.74) is 0. The van der Waals surface area contributed by atoms with Crippen LogP contribution in [-0.2, 0) is 0 Å². The van der Waals surface area contributed by atoms with Gasteiger partial charge in [-0.15, -0.1) is 0 Å². The fourth-order valence-corrected chi connectivity index (χ4v) is 2.88. The van der Waals surface area contributed by atoms with Crippen molar-refractivity contribution in [2.24, 2.45) is 0 Å². The molecule has 0 N–H and O–H groups in total. The molecule has 2 aromatic rings. The molecule has 1 fully saturated rings. The van der Waals surface area contributed by atoms with Gasteiger partial charge in [-0.05, 0) is 37.4 Å². The number of nitrogens with zero attached hydrogens (tertiary/aromatic N) is 6. The Balaban J connectivity index is 1.95. The van der Waals surface area contributed by atoms with E-state index in [2.05, 4.69) is 31.9 Å². The molecule has 0 aromatic carbocycles. The van der Waals surface area contributed by atoms with Crippen molar-refractivity contribution in [2.45, 2.75) is 38.6 Å². The maximum atomic E-state index is 6.04. The molecule has 0 unspecified atom stereocenters. The van der Waals surface area contributed by atoms with Gasteiger partial charge in [0.05, 0.1) is 0 Å². The van der Waals surface area contributed by atoms with Gasteiger partial charge in [-0.1, -0.05) is 12.8 Å². The monoisotopic (exact) mass is 292 g/mol. The third kappa shape index (κ3) is 2.60. The van der Waals surface area contributed by atoms with E-state index < -0.39 is 0 Å². The topological polar surface area (TPSA) is 59.7 Å². The van der Waals surface area contributed by atoms with E-state index in [1.807, 2.05) is 6.07 Å². The zero-order valence-electron chi connectivity index (χ0n) is 11.4. The third-order valence-corrected chi connectivity index (χ3v) is 3.83. The quantitative estimate of drug-likeness (QED) is 0.866. The van der Waals surface area contributed by atoms with Crippen LogP contribution in [0.15, 0.2) is 18.5 Å². The number of rotatable bonds is 4. The zero-order chi connectivity index (χ0) is 13.9. The molecule has 0 bridgehead atoms. The van der Waals surface area contributed by atoms with E-state index in [1.54, 1.807) is 17.1 Å². The van der Waals surface area contributed by atoms with Gasteiger partial charge in [-0.25, -0.2) is 4.68 Å². The molecule has 7 heteroatoms. The van der Waals surface area contributed by atoms with Crippen molar-refractivity contribution in [3.8, 4) is 5.95 Å². The summed E-state index contributed by atoms with van der Waals surface area (Å²) in [6, 6.07) is 2.33. The van der Waals surface area contributed by atoms with Crippen LogP contribution in [-0.4, -0.2) is 37.3 Å². The highest BCUT2D eigenvalue weighted by molar-refractivity contribution is 6.28. The maximum absolute atomic E-state index is 6.04. The lowest BCUT2D eigenvalue weighted by Gasteiger charge is -2.27. The lowest BCUT2D eigenvalue weighted by molar-refractivity contribution is 0.601. The molecule has 3 rings (SSSR count). The zero-order valence-corrected chi connectivity index (χ0v) is 12.2. The Labute approximate surface area is 122 Å². The van der Waals surface area contributed by atoms with Crippen LogP contribution < -0.4 is 4.90 Å². The van der Waals surface area contributed by atoms with Gasteiger partial charge in [0, 0.05) is 25.0 Å². The normalized spacial score (nSPS) is 15.7. The van der Waals surface area contributed by atoms with Crippen molar-refractivity contribution in [3.63, 3.8) is 0 Å². The van der Waals surface area contributed by atoms with E-state index in [0.717, 1.165) is 6.54 Å². The Bertz CT molecular complexity index is 564. The molecular weight excluding hydrogens is 276 g/mol. The van der Waals surface area contributed by atoms with Gasteiger partial charge in [-0.3, -0.25) is 0 Å². The smallest absolute Gasteiger partial charge is 0.256 e. The van der Waals surface area contributed by atoms with Gasteiger partial charge in [0.1, 0.15) is 0 Å². The molecule has 1 aliphatic rings. The van der Waals surface area contributed by atoms with Crippen molar-refractivity contribution in [1.82, 2.24) is 24.7 Å². The van der Waals surface area contributed by atoms with Gasteiger partial charge in [-0.2, -0.15) is 20.1 Å². The summed E-state index contributed by atoms with van der Waals surface area (Å²) in [7, 11) is 0. The fraction of sp³-hybridized carbons (Fsp3) is 0.538. The summed E-state index contributed by atoms with van der Waals surface area (Å²) in [4.78, 5) is 15.2. The summed E-state index contributed by atoms with van der Waals surface area (Å²) in [6.45, 7) is 2.98. The molecule has 6 nitrogen and oxygen atoms in total. The minimum atomic E-state index is 0.206. The molecule has 1 aliphatic carbocycles. The van der Waals surface area contributed by atoms with Crippen LogP contribution in [0.2, 0.25) is 5.28 Å². The molecule has 0 spiro atoms. The highest BCUT2D eigenvalue weighted by atomic mass is 35.5. The van der Waals surface area contributed by atoms with Crippen molar-refractivity contribution >= 4 is 17.5 Å². The molecule has 0 radical (unpaired) electrons. The minimum absolute atomic E-state index is 0.206. The lowest BCUT2D eigenvalue weighted by Crippen LogP contribution is -2.34. The lowest BCUT2D eigenvalue weighted by atomic mass is 10.2. The average molecular weight is 293 g/mol. The van der Waals surface area contributed by atoms with Crippen LogP contribution in [0.3, 0.4) is 0 Å². The van der Waals surface area contributed by atoms with E-state index in [9.17, 15) is 0 Å². The first-order chi connectivity index (χ1) is 9.78. The second-order valence-corrected chi connectivity index (χ2v) is 5.22. The summed E-state index contributed by atoms with van der Waals surface area (Å²) < 4.78 is 1.60. The Hall–Kier alpha value is -1.69. The van der Waals surface area contributed by atoms with E-state index in [1.165, 1.54) is 25.7 Å². The highest BCUT2D eigenvalue weighted by Crippen LogP contribution is 2.26. The Kier molecular flexibility index (Phi) is 3.82. The summed E-state index contributed by atoms with van der Waals surface area (Å²) in [5.74, 6) is 1.10. The highest BCUT2D eigenvalue weighted by Gasteiger charge is 2.24. The molecule has 106 valence electrons. The average Bonchev–Trinajstić information content (AvgIpc) is 3.12. The molecule has 0 aliphatic heterocycles. The first-order valence-corrected chi connectivity index (χ1v) is 7.34. The van der Waals surface area contributed by atoms with E-state index >= 15 is 0 Å². The summed E-state index contributed by atoms with van der Waals surface area (Å²) >= 11 is 6.04. The molecule has 0 atom stereocenters. The fourth-order valence-electron chi connectivity index (χ4n) is 2.73. The van der Waals surface area contributed by atoms with Crippen LogP contribution in [0.25, 0.3) is 5.95 Å².